The molecule has 3 aromatic rings. The van der Waals surface area contributed by atoms with Crippen molar-refractivity contribution in [3.05, 3.63) is 102 Å². The highest BCUT2D eigenvalue weighted by atomic mass is 19.4. The molecule has 404 valence electrons. The van der Waals surface area contributed by atoms with Gasteiger partial charge in [-0.2, -0.15) is 13.2 Å². The number of nitrogens with two attached hydrogens (primary N) is 1. The Morgan fingerprint density at radius 1 is 0.893 bits per heavy atom. The summed E-state index contributed by atoms with van der Waals surface area (Å²) in [6, 6.07) is 13.2. The van der Waals surface area contributed by atoms with Gasteiger partial charge >= 0.3 is 18.1 Å². The van der Waals surface area contributed by atoms with Gasteiger partial charge in [0.25, 0.3) is 17.7 Å². The molecule has 2 fully saturated rings. The number of pyridine rings is 1. The quantitative estimate of drug-likeness (QED) is 0.0312. The standard InChI is InChI=1S/C47H55N7O14.C2HF3O2/c48-25-34(54-38(58)13-14-39(54)59)44(63)50-19-15-37(57)51-33-23-30(9-11-35(33)67-47-42(62)40(60)41(61)43(68-47)46(65)66)27-52-20-4-6-29(26-52)10-12-36(56)49-18-2-1-5-28-16-21-53(22-17-28)45(64)31-7-3-8-32(55)24-31;3-2(4,5)1(6)7/h3-4,6-14,20,23-24,26,28,34,40-43,47,60-62H,1-2,5,15-19,21-22,25,27,48H2,(H4-,49,50,51,55,56,57,63,65,66);(H,6,7)/p+1/b12-10+;/t34?,40-,41-,42+,43-,47+;/m0./s1. The van der Waals surface area contributed by atoms with Gasteiger partial charge < -0.3 is 66.7 Å². The molecule has 4 heterocycles. The maximum Gasteiger partial charge on any atom is 0.490 e. The lowest BCUT2D eigenvalue weighted by Gasteiger charge is -2.38. The van der Waals surface area contributed by atoms with Gasteiger partial charge in [0.1, 0.15) is 35.9 Å². The Balaban J connectivity index is 0.00000138. The van der Waals surface area contributed by atoms with E-state index >= 15 is 0 Å². The number of aromatic nitrogens is 1. The Morgan fingerprint density at radius 2 is 1.59 bits per heavy atom. The number of carbonyl (C=O) groups is 8. The number of hydrogen-bond donors (Lipinski definition) is 10. The van der Waals surface area contributed by atoms with Crippen molar-refractivity contribution in [1.82, 2.24) is 20.4 Å². The van der Waals surface area contributed by atoms with E-state index in [-0.39, 0.29) is 55.1 Å². The van der Waals surface area contributed by atoms with Crippen LogP contribution in [0, 0.1) is 5.92 Å². The number of hydrogen-bond acceptors (Lipinski definition) is 15. The molecule has 0 saturated carbocycles. The molecular weight excluding hydrogens is 1000 g/mol. The number of aliphatic hydroxyl groups excluding tert-OH is 3. The molecular formula is C49H57F3N7O16+. The highest BCUT2D eigenvalue weighted by molar-refractivity contribution is 6.15. The molecule has 3 aliphatic rings. The number of phenols is 1. The third kappa shape index (κ3) is 16.9. The van der Waals surface area contributed by atoms with E-state index in [9.17, 15) is 72.3 Å². The van der Waals surface area contributed by atoms with Crippen LogP contribution in [0.4, 0.5) is 18.9 Å². The van der Waals surface area contributed by atoms with Crippen LogP contribution in [0.1, 0.15) is 60.0 Å². The van der Waals surface area contributed by atoms with E-state index in [0.717, 1.165) is 44.3 Å². The number of phenolic OH excluding ortho intramolecular Hbond substituents is 1. The van der Waals surface area contributed by atoms with E-state index in [2.05, 4.69) is 16.0 Å². The van der Waals surface area contributed by atoms with E-state index in [4.69, 9.17) is 25.1 Å². The van der Waals surface area contributed by atoms with Gasteiger partial charge in [0.2, 0.25) is 24.0 Å². The van der Waals surface area contributed by atoms with Crippen molar-refractivity contribution in [2.75, 3.05) is 38.0 Å². The number of nitrogens with one attached hydrogen (secondary N) is 3. The summed E-state index contributed by atoms with van der Waals surface area (Å²) in [5, 5.41) is 65.5. The average Bonchev–Trinajstić information content (AvgIpc) is 3.70. The second-order valence-corrected chi connectivity index (χ2v) is 17.4. The number of aromatic hydroxyl groups is 1. The maximum absolute atomic E-state index is 13.3. The number of carboxylic acids is 2. The van der Waals surface area contributed by atoms with Gasteiger partial charge in [-0.1, -0.05) is 18.9 Å². The predicted octanol–water partition coefficient (Wildman–Crippen LogP) is 0.182. The number of amides is 6. The smallest absolute Gasteiger partial charge is 0.490 e. The largest absolute Gasteiger partial charge is 0.508 e. The summed E-state index contributed by atoms with van der Waals surface area (Å²) in [6.45, 7) is 1.47. The number of nitrogens with zero attached hydrogens (tertiary/aromatic N) is 3. The van der Waals surface area contributed by atoms with Crippen molar-refractivity contribution < 1.29 is 96.2 Å². The number of rotatable bonds is 20. The number of aliphatic carboxylic acids is 2. The number of aliphatic hydroxyl groups is 3. The molecule has 2 saturated heterocycles. The lowest BCUT2D eigenvalue weighted by molar-refractivity contribution is -0.688. The summed E-state index contributed by atoms with van der Waals surface area (Å²) < 4.78 is 44.6. The van der Waals surface area contributed by atoms with Crippen molar-refractivity contribution in [2.45, 2.75) is 88.0 Å². The molecule has 26 heteroatoms. The molecule has 2 aromatic carbocycles. The third-order valence-corrected chi connectivity index (χ3v) is 12.0. The first-order chi connectivity index (χ1) is 35.6. The van der Waals surface area contributed by atoms with Crippen LogP contribution in [0.25, 0.3) is 6.08 Å². The highest BCUT2D eigenvalue weighted by Gasteiger charge is 2.48. The van der Waals surface area contributed by atoms with Crippen LogP contribution in [0.5, 0.6) is 11.5 Å². The number of piperidine rings is 1. The molecule has 6 atom stereocenters. The summed E-state index contributed by atoms with van der Waals surface area (Å²) in [7, 11) is 0. The van der Waals surface area contributed by atoms with Gasteiger partial charge in [-0.05, 0) is 73.7 Å². The summed E-state index contributed by atoms with van der Waals surface area (Å²) in [4.78, 5) is 98.9. The molecule has 1 unspecified atom stereocenters. The number of unbranched alkanes of at least 4 members (excludes halogenated alkanes) is 1. The maximum atomic E-state index is 13.3. The molecule has 6 rings (SSSR count). The predicted molar refractivity (Wildman–Crippen MR) is 254 cm³/mol. The Morgan fingerprint density at radius 3 is 2.23 bits per heavy atom. The monoisotopic (exact) mass is 1060 g/mol. The lowest BCUT2D eigenvalue weighted by Crippen LogP contribution is -2.61. The van der Waals surface area contributed by atoms with E-state index in [1.165, 1.54) is 30.3 Å². The third-order valence-electron chi connectivity index (χ3n) is 12.0. The Labute approximate surface area is 426 Å². The van der Waals surface area contributed by atoms with Gasteiger partial charge in [-0.3, -0.25) is 33.7 Å². The molecule has 0 spiro atoms. The molecule has 0 radical (unpaired) electrons. The van der Waals surface area contributed by atoms with Crippen LogP contribution in [0.2, 0.25) is 0 Å². The van der Waals surface area contributed by atoms with Crippen LogP contribution in [0.15, 0.2) is 85.2 Å². The first-order valence-corrected chi connectivity index (χ1v) is 23.4. The molecule has 23 nitrogen and oxygen atoms in total. The number of imide groups is 1. The number of likely N-dealkylation sites (tertiary alicyclic amines) is 1. The van der Waals surface area contributed by atoms with Gasteiger partial charge in [0.15, 0.2) is 25.0 Å². The minimum absolute atomic E-state index is 0.0258. The number of benzene rings is 2. The van der Waals surface area contributed by atoms with Crippen LogP contribution in [0.3, 0.4) is 0 Å². The number of anilines is 1. The molecule has 11 N–H and O–H groups in total. The molecule has 0 aliphatic carbocycles. The Hall–Kier alpha value is -7.78. The molecule has 1 aromatic heterocycles. The zero-order valence-electron chi connectivity index (χ0n) is 40.0. The van der Waals surface area contributed by atoms with Crippen molar-refractivity contribution in [2.24, 2.45) is 11.7 Å². The molecule has 3 aliphatic heterocycles. The van der Waals surface area contributed by atoms with Gasteiger partial charge in [0, 0.05) is 80.1 Å². The van der Waals surface area contributed by atoms with Gasteiger partial charge in [0.05, 0.1) is 5.69 Å². The zero-order valence-corrected chi connectivity index (χ0v) is 40.0. The normalized spacial score (nSPS) is 20.2. The van der Waals surface area contributed by atoms with E-state index in [1.54, 1.807) is 42.7 Å². The lowest BCUT2D eigenvalue weighted by atomic mass is 9.91. The summed E-state index contributed by atoms with van der Waals surface area (Å²) in [5.74, 6) is -7.08. The van der Waals surface area contributed by atoms with Crippen LogP contribution < -0.4 is 31.0 Å². The SMILES string of the molecule is NCC(C(=O)NCCC(=O)Nc1cc(C[n+]2cccc(/C=C/C(=O)NCCCCC3CCN(C(=O)c4cccc(O)c4)CC3)c2)ccc1O[C@@H]1O[C@H](C(=O)O)[C@@H](O)[C@H](O)[C@H]1O)N1C(=O)C=CC1=O.O=C(O)C(F)(F)F. The Kier molecular flexibility index (Phi) is 20.9. The molecule has 6 amide bonds. The number of ether oxygens (including phenoxy) is 2. The first kappa shape index (κ1) is 58.1. The van der Waals surface area contributed by atoms with E-state index in [1.807, 2.05) is 15.5 Å². The summed E-state index contributed by atoms with van der Waals surface area (Å²) >= 11 is 0. The summed E-state index contributed by atoms with van der Waals surface area (Å²) in [6.07, 6.45) is -1.74. The minimum Gasteiger partial charge on any atom is -0.508 e. The fraction of sp³-hybridized carbons (Fsp3) is 0.408. The van der Waals surface area contributed by atoms with Gasteiger partial charge in [-0.25, -0.2) is 14.2 Å². The van der Waals surface area contributed by atoms with Crippen LogP contribution >= 0.6 is 0 Å². The topological polar surface area (TPSA) is 349 Å². The van der Waals surface area contributed by atoms with Crippen molar-refractivity contribution >= 4 is 59.1 Å². The molecule has 75 heavy (non-hydrogen) atoms. The number of carbonyl (C=O) groups excluding carboxylic acids is 6. The fourth-order valence-electron chi connectivity index (χ4n) is 8.03. The zero-order chi connectivity index (χ0) is 55.0. The minimum atomic E-state index is -5.08. The number of alkyl halides is 3. The van der Waals surface area contributed by atoms with Crippen molar-refractivity contribution in [1.29, 1.82) is 0 Å². The van der Waals surface area contributed by atoms with Gasteiger partial charge in [-0.15, -0.1) is 0 Å². The number of carboxylic acid groups (broad SMARTS) is 2. The number of halogens is 3. The first-order valence-electron chi connectivity index (χ1n) is 23.4. The summed E-state index contributed by atoms with van der Waals surface area (Å²) in [5.41, 5.74) is 7.49. The van der Waals surface area contributed by atoms with E-state index in [0.29, 0.717) is 47.1 Å². The second kappa shape index (κ2) is 27.0. The van der Waals surface area contributed by atoms with Crippen molar-refractivity contribution in [3.8, 4) is 11.5 Å². The second-order valence-electron chi connectivity index (χ2n) is 17.4. The van der Waals surface area contributed by atoms with Crippen LogP contribution in [-0.4, -0.2) is 163 Å². The molecule has 0 bridgehead atoms. The fourth-order valence-corrected chi connectivity index (χ4v) is 8.03. The van der Waals surface area contributed by atoms with E-state index < -0.39 is 78.5 Å². The Bertz CT molecular complexity index is 2610. The highest BCUT2D eigenvalue weighted by Crippen LogP contribution is 2.31. The van der Waals surface area contributed by atoms with Crippen molar-refractivity contribution in [3.63, 3.8) is 0 Å². The average molecular weight is 1060 g/mol. The van der Waals surface area contributed by atoms with Crippen LogP contribution in [-0.2, 0) is 44.8 Å².